The first-order valence-electron chi connectivity index (χ1n) is 14.0. The SMILES string of the molecule is Cc1ccc(C)n1-c1ccc(OCc2ccc(C(=O)N/N=C/c3cc(Br)cc([N+](=O)[O-])c3OCC(=O)Nc3ccc(Cl)cc3)o2)cc1. The van der Waals surface area contributed by atoms with Crippen molar-refractivity contribution in [2.45, 2.75) is 20.5 Å². The molecule has 0 aliphatic rings. The number of anilines is 1. The third-order valence-corrected chi connectivity index (χ3v) is 7.45. The van der Waals surface area contributed by atoms with Crippen LogP contribution in [0.1, 0.15) is 33.3 Å². The number of ether oxygens (including phenoxy) is 2. The Kier molecular flexibility index (Phi) is 10.4. The Morgan fingerprint density at radius 3 is 2.38 bits per heavy atom. The fourth-order valence-electron chi connectivity index (χ4n) is 4.57. The van der Waals surface area contributed by atoms with Crippen molar-refractivity contribution < 1.29 is 28.4 Å². The normalized spacial score (nSPS) is 11.0. The molecule has 0 spiro atoms. The minimum Gasteiger partial charge on any atom is -0.486 e. The summed E-state index contributed by atoms with van der Waals surface area (Å²) in [6.07, 6.45) is 1.16. The van der Waals surface area contributed by atoms with E-state index in [0.29, 0.717) is 26.7 Å². The lowest BCUT2D eigenvalue weighted by Crippen LogP contribution is -2.21. The smallest absolute Gasteiger partial charge is 0.312 e. The van der Waals surface area contributed by atoms with Crippen molar-refractivity contribution in [3.8, 4) is 17.2 Å². The number of hydrogen-bond donors (Lipinski definition) is 2. The van der Waals surface area contributed by atoms with Gasteiger partial charge in [0.05, 0.1) is 11.1 Å². The summed E-state index contributed by atoms with van der Waals surface area (Å²) in [6.45, 7) is 3.64. The number of aromatic nitrogens is 1. The van der Waals surface area contributed by atoms with Crippen LogP contribution in [0.2, 0.25) is 5.02 Å². The van der Waals surface area contributed by atoms with Crippen LogP contribution in [-0.2, 0) is 11.4 Å². The van der Waals surface area contributed by atoms with Crippen LogP contribution < -0.4 is 20.2 Å². The van der Waals surface area contributed by atoms with Gasteiger partial charge in [-0.25, -0.2) is 5.43 Å². The van der Waals surface area contributed by atoms with Crippen LogP contribution in [0.15, 0.2) is 98.9 Å². The predicted molar refractivity (Wildman–Crippen MR) is 180 cm³/mol. The van der Waals surface area contributed by atoms with E-state index in [1.54, 1.807) is 30.3 Å². The number of furan rings is 1. The first kappa shape index (κ1) is 33.0. The summed E-state index contributed by atoms with van der Waals surface area (Å²) < 4.78 is 19.5. The van der Waals surface area contributed by atoms with E-state index in [1.165, 1.54) is 18.2 Å². The summed E-state index contributed by atoms with van der Waals surface area (Å²) >= 11 is 9.09. The molecule has 240 valence electrons. The van der Waals surface area contributed by atoms with Crippen LogP contribution in [0.4, 0.5) is 11.4 Å². The van der Waals surface area contributed by atoms with E-state index in [4.69, 9.17) is 25.5 Å². The lowest BCUT2D eigenvalue weighted by Gasteiger charge is -2.11. The van der Waals surface area contributed by atoms with Crippen molar-refractivity contribution >= 4 is 56.9 Å². The molecule has 0 saturated heterocycles. The number of benzene rings is 3. The fraction of sp³-hybridized carbons (Fsp3) is 0.121. The van der Waals surface area contributed by atoms with E-state index in [-0.39, 0.29) is 23.7 Å². The molecule has 0 atom stereocenters. The van der Waals surface area contributed by atoms with Crippen LogP contribution in [0, 0.1) is 24.0 Å². The minimum absolute atomic E-state index is 0.0229. The molecule has 0 bridgehead atoms. The van der Waals surface area contributed by atoms with E-state index in [1.807, 2.05) is 38.1 Å². The number of hydrazone groups is 1. The summed E-state index contributed by atoms with van der Waals surface area (Å²) in [5.74, 6) is -0.417. The summed E-state index contributed by atoms with van der Waals surface area (Å²) in [7, 11) is 0. The zero-order chi connectivity index (χ0) is 33.5. The van der Waals surface area contributed by atoms with Gasteiger partial charge in [0.25, 0.3) is 5.91 Å². The number of amides is 2. The third kappa shape index (κ3) is 8.45. The van der Waals surface area contributed by atoms with Gasteiger partial charge in [0, 0.05) is 43.9 Å². The molecule has 5 rings (SSSR count). The number of rotatable bonds is 12. The summed E-state index contributed by atoms with van der Waals surface area (Å²) in [5.41, 5.74) is 5.79. The van der Waals surface area contributed by atoms with Crippen molar-refractivity contribution in [3.05, 3.63) is 133 Å². The third-order valence-electron chi connectivity index (χ3n) is 6.74. The van der Waals surface area contributed by atoms with Crippen LogP contribution in [-0.4, -0.2) is 34.1 Å². The van der Waals surface area contributed by atoms with Crippen molar-refractivity contribution in [2.24, 2.45) is 5.10 Å². The van der Waals surface area contributed by atoms with E-state index < -0.39 is 29.0 Å². The molecule has 0 radical (unpaired) electrons. The van der Waals surface area contributed by atoms with Gasteiger partial charge < -0.3 is 23.8 Å². The molecular weight excluding hydrogens is 694 g/mol. The maximum Gasteiger partial charge on any atom is 0.312 e. The van der Waals surface area contributed by atoms with Crippen LogP contribution >= 0.6 is 27.5 Å². The zero-order valence-electron chi connectivity index (χ0n) is 25.0. The number of aryl methyl sites for hydroxylation is 2. The van der Waals surface area contributed by atoms with Crippen LogP contribution in [0.3, 0.4) is 0 Å². The standard InChI is InChI=1S/C33H27BrClN5O7/c1-20-3-4-21(2)39(20)26-9-11-27(12-10-26)45-18-28-13-14-30(47-28)33(42)38-36-17-22-15-23(34)16-29(40(43)44)32(22)46-19-31(41)37-25-7-5-24(35)6-8-25/h3-17H,18-19H2,1-2H3,(H,37,41)(H,38,42)/b36-17+. The molecule has 2 heterocycles. The molecule has 5 aromatic rings. The molecule has 14 heteroatoms. The molecule has 12 nitrogen and oxygen atoms in total. The highest BCUT2D eigenvalue weighted by molar-refractivity contribution is 9.10. The minimum atomic E-state index is -0.663. The number of carbonyl (C=O) groups is 2. The molecule has 0 saturated carbocycles. The van der Waals surface area contributed by atoms with Crippen molar-refractivity contribution in [1.82, 2.24) is 9.99 Å². The molecule has 47 heavy (non-hydrogen) atoms. The maximum absolute atomic E-state index is 12.7. The van der Waals surface area contributed by atoms with Gasteiger partial charge in [-0.2, -0.15) is 5.10 Å². The number of halogens is 2. The summed E-state index contributed by atoms with van der Waals surface area (Å²) in [4.78, 5) is 36.2. The number of carbonyl (C=O) groups excluding carboxylic acids is 2. The van der Waals surface area contributed by atoms with Gasteiger partial charge >= 0.3 is 11.6 Å². The Bertz CT molecular complexity index is 1930. The summed E-state index contributed by atoms with van der Waals surface area (Å²) in [5, 5.41) is 18.8. The molecule has 0 aliphatic heterocycles. The second-order valence-electron chi connectivity index (χ2n) is 10.1. The van der Waals surface area contributed by atoms with Crippen molar-refractivity contribution in [1.29, 1.82) is 0 Å². The zero-order valence-corrected chi connectivity index (χ0v) is 27.4. The van der Waals surface area contributed by atoms with Gasteiger partial charge in [0.15, 0.2) is 12.4 Å². The van der Waals surface area contributed by atoms with E-state index in [2.05, 4.69) is 48.5 Å². The Hall–Kier alpha value is -5.40. The van der Waals surface area contributed by atoms with Gasteiger partial charge in [-0.3, -0.25) is 19.7 Å². The highest BCUT2D eigenvalue weighted by atomic mass is 79.9. The molecule has 2 aromatic heterocycles. The Morgan fingerprint density at radius 1 is 1.00 bits per heavy atom. The molecular formula is C33H27BrClN5O7. The van der Waals surface area contributed by atoms with Crippen LogP contribution in [0.25, 0.3) is 5.69 Å². The first-order chi connectivity index (χ1) is 22.6. The molecule has 2 N–H and O–H groups in total. The first-order valence-corrected chi connectivity index (χ1v) is 15.2. The number of nitro benzene ring substituents is 1. The lowest BCUT2D eigenvalue weighted by molar-refractivity contribution is -0.385. The Labute approximate surface area is 282 Å². The molecule has 0 unspecified atom stereocenters. The van der Waals surface area contributed by atoms with Crippen LogP contribution in [0.5, 0.6) is 11.5 Å². The monoisotopic (exact) mass is 719 g/mol. The van der Waals surface area contributed by atoms with E-state index >= 15 is 0 Å². The molecule has 3 aromatic carbocycles. The Morgan fingerprint density at radius 2 is 1.70 bits per heavy atom. The lowest BCUT2D eigenvalue weighted by atomic mass is 10.2. The Balaban J connectivity index is 1.19. The van der Waals surface area contributed by atoms with Crippen molar-refractivity contribution in [2.75, 3.05) is 11.9 Å². The molecule has 0 aliphatic carbocycles. The topological polar surface area (TPSA) is 150 Å². The second kappa shape index (κ2) is 14.8. The quantitative estimate of drug-likeness (QED) is 0.0776. The van der Waals surface area contributed by atoms with E-state index in [0.717, 1.165) is 23.3 Å². The van der Waals surface area contributed by atoms with Gasteiger partial charge in [-0.15, -0.1) is 0 Å². The predicted octanol–water partition coefficient (Wildman–Crippen LogP) is 7.37. The highest BCUT2D eigenvalue weighted by Gasteiger charge is 2.22. The molecule has 0 fully saturated rings. The van der Waals surface area contributed by atoms with Gasteiger partial charge in [-0.1, -0.05) is 27.5 Å². The average molecular weight is 721 g/mol. The number of nitro groups is 1. The second-order valence-corrected chi connectivity index (χ2v) is 11.5. The van der Waals surface area contributed by atoms with Gasteiger partial charge in [-0.05, 0) is 92.7 Å². The largest absolute Gasteiger partial charge is 0.486 e. The summed E-state index contributed by atoms with van der Waals surface area (Å²) in [6, 6.07) is 24.0. The average Bonchev–Trinajstić information content (AvgIpc) is 3.66. The number of nitrogens with zero attached hydrogens (tertiary/aromatic N) is 3. The van der Waals surface area contributed by atoms with Gasteiger partial charge in [0.1, 0.15) is 18.1 Å². The molecule has 2 amide bonds. The van der Waals surface area contributed by atoms with Gasteiger partial charge in [0.2, 0.25) is 5.75 Å². The number of hydrogen-bond acceptors (Lipinski definition) is 8. The maximum atomic E-state index is 12.7. The highest BCUT2D eigenvalue weighted by Crippen LogP contribution is 2.34. The fourth-order valence-corrected chi connectivity index (χ4v) is 5.16. The number of nitrogens with one attached hydrogen (secondary N) is 2. The van der Waals surface area contributed by atoms with Crippen molar-refractivity contribution in [3.63, 3.8) is 0 Å². The van der Waals surface area contributed by atoms with E-state index in [9.17, 15) is 19.7 Å².